The minimum atomic E-state index is -0.906. The van der Waals surface area contributed by atoms with Crippen LogP contribution in [0.15, 0.2) is 111 Å². The van der Waals surface area contributed by atoms with Crippen molar-refractivity contribution < 1.29 is 18.7 Å². The number of ether oxygens (including phenoxy) is 2. The van der Waals surface area contributed by atoms with E-state index < -0.39 is 17.8 Å². The number of benzene rings is 4. The second-order valence-corrected chi connectivity index (χ2v) is 13.7. The third kappa shape index (κ3) is 6.76. The molecule has 1 aliphatic rings. The molecule has 0 saturated carbocycles. The van der Waals surface area contributed by atoms with E-state index in [1.165, 1.54) is 28.0 Å². The van der Waals surface area contributed by atoms with Gasteiger partial charge in [-0.05, 0) is 83.1 Å². The summed E-state index contributed by atoms with van der Waals surface area (Å²) in [5.41, 5.74) is 3.09. The Labute approximate surface area is 294 Å². The van der Waals surface area contributed by atoms with Crippen molar-refractivity contribution >= 4 is 79.2 Å². The van der Waals surface area contributed by atoms with Gasteiger partial charge in [-0.1, -0.05) is 93.5 Å². The molecular weight excluding hydrogens is 806 g/mol. The summed E-state index contributed by atoms with van der Waals surface area (Å²) in [4.78, 5) is 33.2. The molecular formula is C35H24BrClFIN2O4S. The van der Waals surface area contributed by atoms with E-state index in [4.69, 9.17) is 26.1 Å². The number of hydrogen-bond donors (Lipinski definition) is 0. The molecule has 0 aliphatic carbocycles. The van der Waals surface area contributed by atoms with Crippen molar-refractivity contribution in [3.63, 3.8) is 0 Å². The van der Waals surface area contributed by atoms with Crippen molar-refractivity contribution in [1.82, 2.24) is 4.57 Å². The fraction of sp³-hybridized carbons (Fsp3) is 0.114. The summed E-state index contributed by atoms with van der Waals surface area (Å²) >= 11 is 13.0. The van der Waals surface area contributed by atoms with Crippen molar-refractivity contribution in [2.24, 2.45) is 4.99 Å². The number of aromatic nitrogens is 1. The summed E-state index contributed by atoms with van der Waals surface area (Å²) in [7, 11) is 0. The first-order valence-electron chi connectivity index (χ1n) is 14.1. The van der Waals surface area contributed by atoms with E-state index in [-0.39, 0.29) is 17.7 Å². The topological polar surface area (TPSA) is 69.9 Å². The molecule has 0 spiro atoms. The van der Waals surface area contributed by atoms with Gasteiger partial charge in [-0.3, -0.25) is 9.36 Å². The van der Waals surface area contributed by atoms with E-state index in [1.807, 2.05) is 54.6 Å². The van der Waals surface area contributed by atoms with Crippen molar-refractivity contribution in [2.45, 2.75) is 19.6 Å². The van der Waals surface area contributed by atoms with Crippen LogP contribution in [0.2, 0.25) is 5.02 Å². The molecule has 11 heteroatoms. The maximum absolute atomic E-state index is 14.3. The molecule has 0 bridgehead atoms. The second-order valence-electron chi connectivity index (χ2n) is 10.2. The molecule has 46 heavy (non-hydrogen) atoms. The van der Waals surface area contributed by atoms with Crippen molar-refractivity contribution in [2.75, 3.05) is 6.61 Å². The molecule has 6 nitrogen and oxygen atoms in total. The van der Waals surface area contributed by atoms with Gasteiger partial charge in [-0.15, -0.1) is 0 Å². The number of nitrogens with zero attached hydrogens (tertiary/aromatic N) is 2. The zero-order valence-electron chi connectivity index (χ0n) is 24.2. The summed E-state index contributed by atoms with van der Waals surface area (Å²) < 4.78 is 29.4. The van der Waals surface area contributed by atoms with Crippen molar-refractivity contribution in [1.29, 1.82) is 0 Å². The molecule has 1 aromatic heterocycles. The number of hydrogen-bond acceptors (Lipinski definition) is 6. The van der Waals surface area contributed by atoms with Gasteiger partial charge in [0.25, 0.3) is 5.56 Å². The maximum Gasteiger partial charge on any atom is 0.338 e. The molecule has 232 valence electrons. The molecule has 0 unspecified atom stereocenters. The van der Waals surface area contributed by atoms with Gasteiger partial charge in [-0.25, -0.2) is 14.2 Å². The van der Waals surface area contributed by atoms with E-state index in [0.29, 0.717) is 49.1 Å². The van der Waals surface area contributed by atoms with Crippen LogP contribution in [-0.4, -0.2) is 17.1 Å². The van der Waals surface area contributed by atoms with Crippen LogP contribution < -0.4 is 19.6 Å². The monoisotopic (exact) mass is 828 g/mol. The van der Waals surface area contributed by atoms with Gasteiger partial charge < -0.3 is 9.47 Å². The van der Waals surface area contributed by atoms with Crippen LogP contribution in [0.1, 0.15) is 35.2 Å². The predicted molar refractivity (Wildman–Crippen MR) is 190 cm³/mol. The molecule has 1 atom stereocenters. The first-order chi connectivity index (χ1) is 22.2. The standard InChI is InChI=1S/C35H24BrClFIN2O4S/c1-2-44-34(43)29-30(21-6-4-3-5-7-21)40-35-41(31(29)22-10-14-26(38)15-11-22)33(42)28(46-35)17-23-16-24(36)18-27(39)32(23)45-19-20-8-12-25(37)13-9-20/h3-18,31H,2,19H2,1H3/b28-17-/t31-/m1/s1. The number of fused-ring (bicyclic) bond motifs is 1. The van der Waals surface area contributed by atoms with Crippen LogP contribution in [0.4, 0.5) is 4.39 Å². The highest BCUT2D eigenvalue weighted by Gasteiger charge is 2.35. The summed E-state index contributed by atoms with van der Waals surface area (Å²) in [6.07, 6.45) is 1.77. The Kier molecular flexibility index (Phi) is 9.88. The Balaban J connectivity index is 1.55. The average molecular weight is 830 g/mol. The highest BCUT2D eigenvalue weighted by atomic mass is 127. The van der Waals surface area contributed by atoms with Crippen molar-refractivity contribution in [3.05, 3.63) is 157 Å². The van der Waals surface area contributed by atoms with Gasteiger partial charge in [0.1, 0.15) is 18.2 Å². The Morgan fingerprint density at radius 1 is 1.09 bits per heavy atom. The van der Waals surface area contributed by atoms with Crippen LogP contribution in [0.25, 0.3) is 11.8 Å². The van der Waals surface area contributed by atoms with Crippen LogP contribution in [0.5, 0.6) is 5.75 Å². The van der Waals surface area contributed by atoms with Gasteiger partial charge in [0.2, 0.25) is 0 Å². The summed E-state index contributed by atoms with van der Waals surface area (Å²) in [6.45, 7) is 2.14. The molecule has 2 heterocycles. The lowest BCUT2D eigenvalue weighted by molar-refractivity contribution is -0.138. The summed E-state index contributed by atoms with van der Waals surface area (Å²) in [5.74, 6) is -0.429. The molecule has 0 amide bonds. The zero-order chi connectivity index (χ0) is 32.4. The van der Waals surface area contributed by atoms with E-state index in [1.54, 1.807) is 37.3 Å². The summed E-state index contributed by atoms with van der Waals surface area (Å²) in [5, 5.41) is 0.638. The Hall–Kier alpha value is -3.58. The van der Waals surface area contributed by atoms with E-state index in [0.717, 1.165) is 13.6 Å². The number of thiazole rings is 1. The van der Waals surface area contributed by atoms with Crippen molar-refractivity contribution in [3.8, 4) is 5.75 Å². The largest absolute Gasteiger partial charge is 0.487 e. The minimum absolute atomic E-state index is 0.130. The lowest BCUT2D eigenvalue weighted by Gasteiger charge is -2.25. The first kappa shape index (κ1) is 32.4. The number of carbonyl (C=O) groups is 1. The minimum Gasteiger partial charge on any atom is -0.487 e. The van der Waals surface area contributed by atoms with E-state index >= 15 is 0 Å². The number of rotatable bonds is 8. The van der Waals surface area contributed by atoms with Gasteiger partial charge in [-0.2, -0.15) is 0 Å². The molecule has 0 saturated heterocycles. The number of esters is 1. The Morgan fingerprint density at radius 2 is 1.80 bits per heavy atom. The van der Waals surface area contributed by atoms with Gasteiger partial charge >= 0.3 is 5.97 Å². The van der Waals surface area contributed by atoms with E-state index in [2.05, 4.69) is 38.5 Å². The SMILES string of the molecule is CCOC(=O)C1=C(c2ccccc2)N=c2s/c(=C\c3cc(Br)cc(I)c3OCc3ccc(Cl)cc3)c(=O)n2[C@@H]1c1ccc(F)cc1. The van der Waals surface area contributed by atoms with Crippen LogP contribution in [-0.2, 0) is 16.1 Å². The van der Waals surface area contributed by atoms with E-state index in [9.17, 15) is 14.0 Å². The zero-order valence-corrected chi connectivity index (χ0v) is 29.5. The second kappa shape index (κ2) is 14.0. The molecule has 6 rings (SSSR count). The predicted octanol–water partition coefficient (Wildman–Crippen LogP) is 7.67. The molecule has 5 aromatic rings. The molecule has 0 fully saturated rings. The van der Waals surface area contributed by atoms with Crippen LogP contribution in [0, 0.1) is 9.39 Å². The smallest absolute Gasteiger partial charge is 0.338 e. The van der Waals surface area contributed by atoms with Crippen LogP contribution >= 0.6 is 61.5 Å². The molecule has 0 radical (unpaired) electrons. The first-order valence-corrected chi connectivity index (χ1v) is 17.2. The molecule has 0 N–H and O–H groups in total. The lowest BCUT2D eigenvalue weighted by atomic mass is 9.93. The Bertz CT molecular complexity index is 2150. The molecule has 4 aromatic carbocycles. The Morgan fingerprint density at radius 3 is 2.50 bits per heavy atom. The highest BCUT2D eigenvalue weighted by molar-refractivity contribution is 14.1. The average Bonchev–Trinajstić information content (AvgIpc) is 3.35. The highest BCUT2D eigenvalue weighted by Crippen LogP contribution is 2.36. The third-order valence-electron chi connectivity index (χ3n) is 7.18. The maximum atomic E-state index is 14.3. The fourth-order valence-corrected chi connectivity index (χ4v) is 7.94. The van der Waals surface area contributed by atoms with Gasteiger partial charge in [0.05, 0.1) is 32.0 Å². The molecule has 1 aliphatic heterocycles. The normalized spacial score (nSPS) is 14.5. The summed E-state index contributed by atoms with van der Waals surface area (Å²) in [6, 6.07) is 25.3. The third-order valence-corrected chi connectivity index (χ3v) is 9.67. The van der Waals surface area contributed by atoms with Gasteiger partial charge in [0.15, 0.2) is 4.80 Å². The fourth-order valence-electron chi connectivity index (χ4n) is 5.12. The quantitative estimate of drug-likeness (QED) is 0.119. The van der Waals surface area contributed by atoms with Gasteiger partial charge in [0, 0.05) is 20.6 Å². The lowest BCUT2D eigenvalue weighted by Crippen LogP contribution is -2.40. The number of halogens is 4. The van der Waals surface area contributed by atoms with Crippen LogP contribution in [0.3, 0.4) is 0 Å². The number of carbonyl (C=O) groups excluding carboxylic acids is 1.